The number of piperidine rings is 1. The molecule has 1 fully saturated rings. The number of aromatic nitrogens is 2. The predicted octanol–water partition coefficient (Wildman–Crippen LogP) is 1.13. The third-order valence-corrected chi connectivity index (χ3v) is 3.38. The first-order valence-corrected chi connectivity index (χ1v) is 6.89. The summed E-state index contributed by atoms with van der Waals surface area (Å²) in [5.74, 6) is -0.0888. The Morgan fingerprint density at radius 3 is 3.00 bits per heavy atom. The number of ether oxygens (including phenoxy) is 1. The van der Waals surface area contributed by atoms with Gasteiger partial charge < -0.3 is 15.4 Å². The molecule has 1 atom stereocenters. The fourth-order valence-electron chi connectivity index (χ4n) is 2.41. The second-order valence-corrected chi connectivity index (χ2v) is 4.76. The minimum atomic E-state index is -0.0888. The Labute approximate surface area is 113 Å². The van der Waals surface area contributed by atoms with Gasteiger partial charge in [0.05, 0.1) is 11.8 Å². The summed E-state index contributed by atoms with van der Waals surface area (Å²) < 4.78 is 7.29. The molecule has 0 bridgehead atoms. The maximum Gasteiger partial charge on any atom is 0.276 e. The first-order chi connectivity index (χ1) is 9.15. The highest BCUT2D eigenvalue weighted by molar-refractivity contribution is 5.97. The van der Waals surface area contributed by atoms with Crippen molar-refractivity contribution in [3.63, 3.8) is 0 Å². The molecule has 1 aliphatic heterocycles. The van der Waals surface area contributed by atoms with Gasteiger partial charge in [0.25, 0.3) is 5.91 Å². The van der Waals surface area contributed by atoms with Crippen molar-refractivity contribution >= 4 is 11.6 Å². The van der Waals surface area contributed by atoms with Crippen LogP contribution < -0.4 is 5.73 Å². The topological polar surface area (TPSA) is 73.4 Å². The number of amides is 1. The number of hydrogen-bond acceptors (Lipinski definition) is 4. The minimum absolute atomic E-state index is 0.0888. The number of carbonyl (C=O) groups is 1. The Balaban J connectivity index is 2.07. The SMILES string of the molecule is CCOC1CCCN(C(=O)c2nn(CC)cc2N)C1. The van der Waals surface area contributed by atoms with Gasteiger partial charge in [-0.2, -0.15) is 5.10 Å². The van der Waals surface area contributed by atoms with Gasteiger partial charge in [0.15, 0.2) is 5.69 Å². The molecule has 1 aromatic heterocycles. The molecule has 1 aromatic rings. The maximum absolute atomic E-state index is 12.4. The zero-order valence-electron chi connectivity index (χ0n) is 11.6. The van der Waals surface area contributed by atoms with Crippen molar-refractivity contribution in [2.75, 3.05) is 25.4 Å². The van der Waals surface area contributed by atoms with E-state index in [0.29, 0.717) is 31.1 Å². The average Bonchev–Trinajstić information content (AvgIpc) is 2.80. The van der Waals surface area contributed by atoms with Crippen molar-refractivity contribution in [3.8, 4) is 0 Å². The standard InChI is InChI=1S/C13H22N4O2/c1-3-17-9-11(14)12(15-17)13(18)16-7-5-6-10(8-16)19-4-2/h9-10H,3-8,14H2,1-2H3. The smallest absolute Gasteiger partial charge is 0.276 e. The number of likely N-dealkylation sites (tertiary alicyclic amines) is 1. The van der Waals surface area contributed by atoms with Gasteiger partial charge in [-0.1, -0.05) is 0 Å². The highest BCUT2D eigenvalue weighted by Crippen LogP contribution is 2.18. The molecule has 106 valence electrons. The molecule has 2 heterocycles. The Kier molecular flexibility index (Phi) is 4.42. The number of anilines is 1. The van der Waals surface area contributed by atoms with Crippen LogP contribution in [0.2, 0.25) is 0 Å². The van der Waals surface area contributed by atoms with Crippen LogP contribution >= 0.6 is 0 Å². The molecule has 0 spiro atoms. The van der Waals surface area contributed by atoms with E-state index in [1.807, 2.05) is 13.8 Å². The van der Waals surface area contributed by atoms with Crippen LogP contribution in [0.15, 0.2) is 6.20 Å². The maximum atomic E-state index is 12.4. The lowest BCUT2D eigenvalue weighted by Gasteiger charge is -2.32. The van der Waals surface area contributed by atoms with Crippen LogP contribution in [0.5, 0.6) is 0 Å². The Bertz CT molecular complexity index is 442. The van der Waals surface area contributed by atoms with Crippen LogP contribution in [0.25, 0.3) is 0 Å². The molecule has 2 rings (SSSR count). The lowest BCUT2D eigenvalue weighted by Crippen LogP contribution is -2.43. The number of hydrogen-bond donors (Lipinski definition) is 1. The summed E-state index contributed by atoms with van der Waals surface area (Å²) in [6.45, 7) is 6.71. The molecule has 0 radical (unpaired) electrons. The van der Waals surface area contributed by atoms with E-state index < -0.39 is 0 Å². The van der Waals surface area contributed by atoms with E-state index in [2.05, 4.69) is 5.10 Å². The largest absolute Gasteiger partial charge is 0.396 e. The van der Waals surface area contributed by atoms with Gasteiger partial charge in [-0.25, -0.2) is 0 Å². The summed E-state index contributed by atoms with van der Waals surface area (Å²) in [6, 6.07) is 0. The highest BCUT2D eigenvalue weighted by atomic mass is 16.5. The highest BCUT2D eigenvalue weighted by Gasteiger charge is 2.27. The quantitative estimate of drug-likeness (QED) is 0.886. The molecule has 0 saturated carbocycles. The van der Waals surface area contributed by atoms with Gasteiger partial charge in [0.1, 0.15) is 0 Å². The van der Waals surface area contributed by atoms with E-state index in [9.17, 15) is 4.79 Å². The van der Waals surface area contributed by atoms with Crippen LogP contribution in [-0.2, 0) is 11.3 Å². The monoisotopic (exact) mass is 266 g/mol. The Morgan fingerprint density at radius 1 is 1.58 bits per heavy atom. The molecule has 1 unspecified atom stereocenters. The van der Waals surface area contributed by atoms with Crippen molar-refractivity contribution in [2.24, 2.45) is 0 Å². The van der Waals surface area contributed by atoms with Gasteiger partial charge >= 0.3 is 0 Å². The third kappa shape index (κ3) is 3.07. The molecule has 19 heavy (non-hydrogen) atoms. The molecule has 6 nitrogen and oxygen atoms in total. The summed E-state index contributed by atoms with van der Waals surface area (Å²) in [5, 5.41) is 4.23. The van der Waals surface area contributed by atoms with Gasteiger partial charge in [-0.15, -0.1) is 0 Å². The first-order valence-electron chi connectivity index (χ1n) is 6.89. The van der Waals surface area contributed by atoms with Crippen LogP contribution in [0.1, 0.15) is 37.2 Å². The van der Waals surface area contributed by atoms with Crippen LogP contribution in [0, 0.1) is 0 Å². The third-order valence-electron chi connectivity index (χ3n) is 3.38. The summed E-state index contributed by atoms with van der Waals surface area (Å²) >= 11 is 0. The van der Waals surface area contributed by atoms with E-state index in [1.54, 1.807) is 15.8 Å². The van der Waals surface area contributed by atoms with Gasteiger partial charge in [0.2, 0.25) is 0 Å². The van der Waals surface area contributed by atoms with Crippen LogP contribution in [0.4, 0.5) is 5.69 Å². The van der Waals surface area contributed by atoms with Crippen molar-refractivity contribution in [2.45, 2.75) is 39.3 Å². The molecule has 0 aromatic carbocycles. The number of rotatable bonds is 4. The van der Waals surface area contributed by atoms with Gasteiger partial charge in [-0.3, -0.25) is 9.48 Å². The van der Waals surface area contributed by atoms with Gasteiger partial charge in [-0.05, 0) is 26.7 Å². The molecular weight excluding hydrogens is 244 g/mol. The fourth-order valence-corrected chi connectivity index (χ4v) is 2.41. The minimum Gasteiger partial charge on any atom is -0.396 e. The predicted molar refractivity (Wildman–Crippen MR) is 72.9 cm³/mol. The van der Waals surface area contributed by atoms with E-state index >= 15 is 0 Å². The van der Waals surface area contributed by atoms with E-state index in [-0.39, 0.29) is 12.0 Å². The Morgan fingerprint density at radius 2 is 2.37 bits per heavy atom. The molecule has 1 aliphatic rings. The Hall–Kier alpha value is -1.56. The van der Waals surface area contributed by atoms with Crippen molar-refractivity contribution in [3.05, 3.63) is 11.9 Å². The number of nitrogens with zero attached hydrogens (tertiary/aromatic N) is 3. The fraction of sp³-hybridized carbons (Fsp3) is 0.692. The molecular formula is C13H22N4O2. The zero-order valence-corrected chi connectivity index (χ0v) is 11.6. The summed E-state index contributed by atoms with van der Waals surface area (Å²) in [5.41, 5.74) is 6.67. The molecule has 1 amide bonds. The van der Waals surface area contributed by atoms with E-state index in [4.69, 9.17) is 10.5 Å². The van der Waals surface area contributed by atoms with E-state index in [1.165, 1.54) is 0 Å². The zero-order chi connectivity index (χ0) is 13.8. The lowest BCUT2D eigenvalue weighted by atomic mass is 10.1. The van der Waals surface area contributed by atoms with Crippen molar-refractivity contribution < 1.29 is 9.53 Å². The molecule has 0 aliphatic carbocycles. The average molecular weight is 266 g/mol. The van der Waals surface area contributed by atoms with Crippen molar-refractivity contribution in [1.82, 2.24) is 14.7 Å². The number of nitrogens with two attached hydrogens (primary N) is 1. The van der Waals surface area contributed by atoms with Gasteiger partial charge in [0, 0.05) is 32.4 Å². The number of aryl methyl sites for hydroxylation is 1. The van der Waals surface area contributed by atoms with Crippen LogP contribution in [-0.4, -0.2) is 46.4 Å². The second kappa shape index (κ2) is 6.06. The second-order valence-electron chi connectivity index (χ2n) is 4.76. The summed E-state index contributed by atoms with van der Waals surface area (Å²) in [6.07, 6.45) is 3.82. The van der Waals surface area contributed by atoms with E-state index in [0.717, 1.165) is 19.4 Å². The lowest BCUT2D eigenvalue weighted by molar-refractivity contribution is 0.00704. The summed E-state index contributed by atoms with van der Waals surface area (Å²) in [7, 11) is 0. The summed E-state index contributed by atoms with van der Waals surface area (Å²) in [4.78, 5) is 14.2. The molecule has 2 N–H and O–H groups in total. The number of carbonyl (C=O) groups excluding carboxylic acids is 1. The molecule has 6 heteroatoms. The first kappa shape index (κ1) is 13.9. The van der Waals surface area contributed by atoms with Crippen molar-refractivity contribution in [1.29, 1.82) is 0 Å². The normalized spacial score (nSPS) is 19.7. The molecule has 1 saturated heterocycles. The number of nitrogen functional groups attached to an aromatic ring is 1. The van der Waals surface area contributed by atoms with Crippen LogP contribution in [0.3, 0.4) is 0 Å².